The van der Waals surface area contributed by atoms with Gasteiger partial charge in [0.05, 0.1) is 22.4 Å². The highest BCUT2D eigenvalue weighted by molar-refractivity contribution is 6.74. The minimum Gasteiger partial charge on any atom is -0.542 e. The molecule has 61 heavy (non-hydrogen) atoms. The number of aromatic nitrogens is 4. The molecule has 0 aliphatic carbocycles. The van der Waals surface area contributed by atoms with Gasteiger partial charge in [-0.3, -0.25) is 10.6 Å². The lowest BCUT2D eigenvalue weighted by molar-refractivity contribution is 0.198. The summed E-state index contributed by atoms with van der Waals surface area (Å²) in [4.78, 5) is 50.1. The Morgan fingerprint density at radius 3 is 1.52 bits per heavy atom. The molecule has 0 spiro atoms. The number of carbonyl (C=O) groups excluding carboxylic acids is 2. The van der Waals surface area contributed by atoms with Gasteiger partial charge in [-0.1, -0.05) is 44.0 Å². The van der Waals surface area contributed by atoms with E-state index in [-0.39, 0.29) is 35.3 Å². The van der Waals surface area contributed by atoms with Crippen LogP contribution in [0.25, 0.3) is 0 Å². The Kier molecular flexibility index (Phi) is 18.9. The maximum atomic E-state index is 12.8. The lowest BCUT2D eigenvalue weighted by Gasteiger charge is -2.36. The third-order valence-electron chi connectivity index (χ3n) is 10.6. The van der Waals surface area contributed by atoms with Gasteiger partial charge in [0.2, 0.25) is 0 Å². The average Bonchev–Trinajstić information content (AvgIpc) is 3.59. The molecule has 3 saturated heterocycles. The van der Waals surface area contributed by atoms with Crippen LogP contribution in [-0.4, -0.2) is 121 Å². The number of hydrogen-bond acceptors (Lipinski definition) is 11. The summed E-state index contributed by atoms with van der Waals surface area (Å²) in [7, 11) is -1.92. The van der Waals surface area contributed by atoms with Crippen molar-refractivity contribution in [2.75, 3.05) is 86.0 Å². The Hall–Kier alpha value is -4.61. The molecule has 4 amide bonds. The van der Waals surface area contributed by atoms with Crippen molar-refractivity contribution in [1.29, 1.82) is 0 Å². The van der Waals surface area contributed by atoms with Gasteiger partial charge in [0.1, 0.15) is 34.8 Å². The number of pyridine rings is 4. The molecule has 0 atom stereocenters. The summed E-state index contributed by atoms with van der Waals surface area (Å²) in [5, 5.41) is 16.2. The molecular formula is C42H59Cl3N10O5Si. The first kappa shape index (κ1) is 49.0. The summed E-state index contributed by atoms with van der Waals surface area (Å²) in [6.07, 6.45) is 10.5. The number of anilines is 4. The summed E-state index contributed by atoms with van der Waals surface area (Å²) in [5.41, 5.74) is 0. The first-order valence-electron chi connectivity index (χ1n) is 20.4. The van der Waals surface area contributed by atoms with Gasteiger partial charge < -0.3 is 33.9 Å². The molecule has 3 fully saturated rings. The zero-order valence-electron chi connectivity index (χ0n) is 35.6. The highest BCUT2D eigenvalue weighted by Crippen LogP contribution is 2.37. The van der Waals surface area contributed by atoms with Crippen LogP contribution < -0.4 is 24.9 Å². The first-order valence-corrected chi connectivity index (χ1v) is 24.1. The van der Waals surface area contributed by atoms with E-state index in [1.54, 1.807) is 35.6 Å². The van der Waals surface area contributed by atoms with Crippen molar-refractivity contribution < 1.29 is 23.9 Å². The maximum absolute atomic E-state index is 12.8. The molecule has 3 aliphatic heterocycles. The van der Waals surface area contributed by atoms with E-state index in [1.807, 2.05) is 35.2 Å². The number of hydrogen-bond donors (Lipinski definition) is 3. The van der Waals surface area contributed by atoms with Crippen molar-refractivity contribution in [3.05, 3.63) is 83.4 Å². The number of amides is 4. The summed E-state index contributed by atoms with van der Waals surface area (Å²) in [6, 6.07) is 13.8. The van der Waals surface area contributed by atoms with Crippen LogP contribution in [0.1, 0.15) is 46.5 Å². The third kappa shape index (κ3) is 15.7. The molecule has 7 rings (SSSR count). The Morgan fingerprint density at radius 2 is 1.15 bits per heavy atom. The zero-order chi connectivity index (χ0) is 43.1. The van der Waals surface area contributed by atoms with Crippen LogP contribution in [0, 0.1) is 0 Å². The van der Waals surface area contributed by atoms with Crippen molar-refractivity contribution in [2.45, 2.75) is 64.6 Å². The highest BCUT2D eigenvalue weighted by atomic mass is 35.5. The Balaban J connectivity index is 0.000000242. The van der Waals surface area contributed by atoms with Crippen LogP contribution in [0.2, 0.25) is 28.2 Å². The van der Waals surface area contributed by atoms with Crippen molar-refractivity contribution in [3.63, 3.8) is 0 Å². The number of halogens is 3. The fourth-order valence-electron chi connectivity index (χ4n) is 6.12. The molecule has 0 bridgehead atoms. The predicted octanol–water partition coefficient (Wildman–Crippen LogP) is 9.06. The fourth-order valence-corrected chi connectivity index (χ4v) is 7.36. The Morgan fingerprint density at radius 1 is 0.656 bits per heavy atom. The second-order valence-corrected chi connectivity index (χ2v) is 21.7. The lowest BCUT2D eigenvalue weighted by atomic mass is 10.2. The Bertz CT molecular complexity index is 1930. The maximum Gasteiger partial charge on any atom is 0.323 e. The molecule has 3 N–H and O–H groups in total. The molecule has 0 saturated carbocycles. The quantitative estimate of drug-likeness (QED) is 0.158. The second kappa shape index (κ2) is 23.6. The van der Waals surface area contributed by atoms with Crippen LogP contribution in [0.3, 0.4) is 0 Å². The van der Waals surface area contributed by atoms with Crippen molar-refractivity contribution in [3.8, 4) is 11.5 Å². The molecule has 4 aromatic heterocycles. The van der Waals surface area contributed by atoms with E-state index in [0.717, 1.165) is 63.1 Å². The van der Waals surface area contributed by atoms with Crippen LogP contribution in [0.15, 0.2) is 73.3 Å². The minimum absolute atomic E-state index is 0. The molecule has 15 nitrogen and oxygen atoms in total. The van der Waals surface area contributed by atoms with Gasteiger partial charge in [-0.2, -0.15) is 0 Å². The van der Waals surface area contributed by atoms with Crippen LogP contribution in [-0.2, 0) is 4.74 Å². The van der Waals surface area contributed by atoms with Gasteiger partial charge >= 0.3 is 12.1 Å². The average molecular weight is 918 g/mol. The molecular weight excluding hydrogens is 859 g/mol. The first-order chi connectivity index (χ1) is 28.7. The number of urea groups is 2. The smallest absolute Gasteiger partial charge is 0.323 e. The van der Waals surface area contributed by atoms with E-state index < -0.39 is 8.32 Å². The van der Waals surface area contributed by atoms with Gasteiger partial charge in [0.25, 0.3) is 8.32 Å². The number of aromatic hydroxyl groups is 1. The SMILES string of the molecule is C1CCOC1.CC(C)(C)[Si](C)(C)Oc1ccc(NC(=O)N2CCCN(c3ccc(Cl)cn3)CC2)nc1.Cl.O=C(Nc1ccc(O)cn1)N1CCCN(c2ccc(Cl)cn2)CC1. The molecule has 0 radical (unpaired) electrons. The van der Waals surface area contributed by atoms with Gasteiger partial charge in [-0.15, -0.1) is 12.4 Å². The zero-order valence-corrected chi connectivity index (χ0v) is 39.0. The largest absolute Gasteiger partial charge is 0.542 e. The molecule has 0 unspecified atom stereocenters. The van der Waals surface area contributed by atoms with Crippen molar-refractivity contribution in [1.82, 2.24) is 29.7 Å². The molecule has 7 heterocycles. The van der Waals surface area contributed by atoms with E-state index in [1.165, 1.54) is 25.1 Å². The van der Waals surface area contributed by atoms with Crippen molar-refractivity contribution in [2.24, 2.45) is 0 Å². The van der Waals surface area contributed by atoms with Gasteiger partial charge in [0, 0.05) is 78.0 Å². The highest BCUT2D eigenvalue weighted by Gasteiger charge is 2.39. The molecule has 4 aromatic rings. The molecule has 332 valence electrons. The van der Waals surface area contributed by atoms with Gasteiger partial charge in [0.15, 0.2) is 0 Å². The second-order valence-electron chi connectivity index (χ2n) is 16.1. The summed E-state index contributed by atoms with van der Waals surface area (Å²) in [6.45, 7) is 18.6. The number of nitrogens with zero attached hydrogens (tertiary/aromatic N) is 8. The summed E-state index contributed by atoms with van der Waals surface area (Å²) in [5.74, 6) is 3.48. The summed E-state index contributed by atoms with van der Waals surface area (Å²) < 4.78 is 11.2. The fraction of sp³-hybridized carbons (Fsp3) is 0.476. The number of ether oxygens (including phenoxy) is 1. The van der Waals surface area contributed by atoms with E-state index in [9.17, 15) is 14.7 Å². The molecule has 0 aromatic carbocycles. The molecule has 3 aliphatic rings. The van der Waals surface area contributed by atoms with Gasteiger partial charge in [-0.05, 0) is 92.3 Å². The monoisotopic (exact) mass is 916 g/mol. The molecule has 19 heteroatoms. The normalized spacial score (nSPS) is 15.7. The van der Waals surface area contributed by atoms with Crippen LogP contribution >= 0.6 is 35.6 Å². The topological polar surface area (TPSA) is 161 Å². The standard InChI is InChI=1S/C22H32ClN5O2Si.C16H18ClN5O2.C4H8O.ClH/c1-22(2,3)31(4,5)30-18-8-9-19(24-16-18)26-21(29)28-12-6-11-27(13-14-28)20-10-7-17(23)15-25-20;17-12-2-5-15(19-10-12)21-6-1-7-22(9-8-21)16(24)20-14-4-3-13(23)11-18-14;1-2-4-5-3-1;/h7-10,15-16H,6,11-14H2,1-5H3,(H,24,26,29);2-5,10-11,23H,1,6-9H2,(H,18,20,24);1-4H2;1H. The predicted molar refractivity (Wildman–Crippen MR) is 249 cm³/mol. The van der Waals surface area contributed by atoms with E-state index in [0.29, 0.717) is 54.4 Å². The minimum atomic E-state index is -1.92. The third-order valence-corrected chi connectivity index (χ3v) is 15.4. The number of nitrogens with one attached hydrogen (secondary N) is 2. The summed E-state index contributed by atoms with van der Waals surface area (Å²) >= 11 is 11.8. The van der Waals surface area contributed by atoms with E-state index in [2.05, 4.69) is 74.2 Å². The lowest BCUT2D eigenvalue weighted by Crippen LogP contribution is -2.43. The number of carbonyl (C=O) groups is 2. The van der Waals surface area contributed by atoms with Crippen molar-refractivity contribution >= 4 is 79.3 Å². The van der Waals surface area contributed by atoms with E-state index >= 15 is 0 Å². The van der Waals surface area contributed by atoms with E-state index in [4.69, 9.17) is 32.4 Å². The Labute approximate surface area is 376 Å². The van der Waals surface area contributed by atoms with Gasteiger partial charge in [-0.25, -0.2) is 29.5 Å². The number of rotatable bonds is 6. The van der Waals surface area contributed by atoms with Crippen LogP contribution in [0.5, 0.6) is 11.5 Å². The van der Waals surface area contributed by atoms with Crippen LogP contribution in [0.4, 0.5) is 32.9 Å².